The second-order valence-corrected chi connectivity index (χ2v) is 4.97. The van der Waals surface area contributed by atoms with Crippen molar-refractivity contribution in [2.45, 2.75) is 13.0 Å². The van der Waals surface area contributed by atoms with E-state index in [1.54, 1.807) is 35.9 Å². The van der Waals surface area contributed by atoms with E-state index in [1.807, 2.05) is 6.92 Å². The molecule has 0 aliphatic heterocycles. The van der Waals surface area contributed by atoms with Crippen molar-refractivity contribution >= 4 is 29.7 Å². The first-order valence-electron chi connectivity index (χ1n) is 5.66. The summed E-state index contributed by atoms with van der Waals surface area (Å²) in [5.41, 5.74) is 0.510. The average Bonchev–Trinajstić information content (AvgIpc) is 2.70. The summed E-state index contributed by atoms with van der Waals surface area (Å²) in [6, 6.07) is 6.52. The summed E-state index contributed by atoms with van der Waals surface area (Å²) in [6.45, 7) is 1.84. The van der Waals surface area contributed by atoms with Gasteiger partial charge in [0.2, 0.25) is 0 Å². The molecular formula is C12H13ClN4OS. The monoisotopic (exact) mass is 296 g/mol. The lowest BCUT2D eigenvalue weighted by Gasteiger charge is -2.13. The SMILES string of the molecule is C[C@@H](NC(=O)c1cccc(Cl)c1)c1n[nH]c(=S)n1C. The van der Waals surface area contributed by atoms with Crippen LogP contribution in [0.1, 0.15) is 29.1 Å². The third kappa shape index (κ3) is 3.02. The van der Waals surface area contributed by atoms with Crippen LogP contribution in [-0.2, 0) is 7.05 Å². The molecule has 1 atom stereocenters. The zero-order chi connectivity index (χ0) is 14.0. The van der Waals surface area contributed by atoms with Gasteiger partial charge in [0.25, 0.3) is 5.91 Å². The van der Waals surface area contributed by atoms with Gasteiger partial charge in [0.15, 0.2) is 10.6 Å². The van der Waals surface area contributed by atoms with Crippen molar-refractivity contribution in [1.29, 1.82) is 0 Å². The number of carbonyl (C=O) groups is 1. The summed E-state index contributed by atoms with van der Waals surface area (Å²) in [4.78, 5) is 12.1. The highest BCUT2D eigenvalue weighted by Crippen LogP contribution is 2.13. The smallest absolute Gasteiger partial charge is 0.251 e. The predicted octanol–water partition coefficient (Wildman–Crippen LogP) is 2.62. The number of halogens is 1. The molecule has 0 aliphatic carbocycles. The number of amides is 1. The van der Waals surface area contributed by atoms with Crippen LogP contribution in [0.5, 0.6) is 0 Å². The van der Waals surface area contributed by atoms with Crippen LogP contribution in [0, 0.1) is 4.77 Å². The summed E-state index contributed by atoms with van der Waals surface area (Å²) >= 11 is 10.9. The van der Waals surface area contributed by atoms with Gasteiger partial charge in [-0.05, 0) is 37.3 Å². The fourth-order valence-corrected chi connectivity index (χ4v) is 2.05. The summed E-state index contributed by atoms with van der Waals surface area (Å²) in [5, 5.41) is 10.1. The number of hydrogen-bond donors (Lipinski definition) is 2. The van der Waals surface area contributed by atoms with E-state index in [4.69, 9.17) is 23.8 Å². The Morgan fingerprint density at radius 3 is 2.89 bits per heavy atom. The summed E-state index contributed by atoms with van der Waals surface area (Å²) in [5.74, 6) is 0.462. The zero-order valence-corrected chi connectivity index (χ0v) is 12.0. The summed E-state index contributed by atoms with van der Waals surface area (Å²) < 4.78 is 2.23. The minimum atomic E-state index is -0.260. The van der Waals surface area contributed by atoms with Gasteiger partial charge in [0.05, 0.1) is 6.04 Å². The number of hydrogen-bond acceptors (Lipinski definition) is 3. The number of nitrogens with zero attached hydrogens (tertiary/aromatic N) is 2. The van der Waals surface area contributed by atoms with Crippen molar-refractivity contribution in [2.24, 2.45) is 7.05 Å². The van der Waals surface area contributed by atoms with Gasteiger partial charge < -0.3 is 9.88 Å². The molecule has 0 radical (unpaired) electrons. The van der Waals surface area contributed by atoms with Crippen LogP contribution in [0.25, 0.3) is 0 Å². The quantitative estimate of drug-likeness (QED) is 0.856. The first-order chi connectivity index (χ1) is 8.99. The van der Waals surface area contributed by atoms with E-state index in [1.165, 1.54) is 0 Å². The molecule has 0 fully saturated rings. The lowest BCUT2D eigenvalue weighted by Crippen LogP contribution is -2.28. The maximum atomic E-state index is 12.1. The van der Waals surface area contributed by atoms with Crippen molar-refractivity contribution in [3.63, 3.8) is 0 Å². The van der Waals surface area contributed by atoms with Gasteiger partial charge >= 0.3 is 0 Å². The number of rotatable bonds is 3. The van der Waals surface area contributed by atoms with E-state index >= 15 is 0 Å². The molecule has 1 aromatic carbocycles. The summed E-state index contributed by atoms with van der Waals surface area (Å²) in [6.07, 6.45) is 0. The number of carbonyl (C=O) groups excluding carboxylic acids is 1. The van der Waals surface area contributed by atoms with Crippen molar-refractivity contribution in [2.75, 3.05) is 0 Å². The predicted molar refractivity (Wildman–Crippen MR) is 75.7 cm³/mol. The normalized spacial score (nSPS) is 12.2. The molecule has 1 heterocycles. The van der Waals surface area contributed by atoms with Gasteiger partial charge in [-0.2, -0.15) is 5.10 Å². The van der Waals surface area contributed by atoms with E-state index in [0.29, 0.717) is 21.2 Å². The standard InChI is InChI=1S/C12H13ClN4OS/c1-7(10-15-16-12(19)17(10)2)14-11(18)8-4-3-5-9(13)6-8/h3-7H,1-2H3,(H,14,18)(H,16,19)/t7-/m1/s1. The Morgan fingerprint density at radius 2 is 2.32 bits per heavy atom. The topological polar surface area (TPSA) is 62.7 Å². The van der Waals surface area contributed by atoms with Gasteiger partial charge in [0, 0.05) is 17.6 Å². The highest BCUT2D eigenvalue weighted by molar-refractivity contribution is 7.71. The fraction of sp³-hybridized carbons (Fsp3) is 0.250. The third-order valence-corrected chi connectivity index (χ3v) is 3.34. The van der Waals surface area contributed by atoms with Crippen LogP contribution in [0.4, 0.5) is 0 Å². The molecule has 7 heteroatoms. The van der Waals surface area contributed by atoms with Crippen LogP contribution >= 0.6 is 23.8 Å². The molecule has 0 spiro atoms. The van der Waals surface area contributed by atoms with E-state index in [-0.39, 0.29) is 11.9 Å². The van der Waals surface area contributed by atoms with E-state index in [0.717, 1.165) is 0 Å². The van der Waals surface area contributed by atoms with Gasteiger partial charge in [-0.3, -0.25) is 9.89 Å². The Balaban J connectivity index is 2.15. The second kappa shape index (κ2) is 5.54. The molecule has 0 bridgehead atoms. The Hall–Kier alpha value is -1.66. The summed E-state index contributed by atoms with van der Waals surface area (Å²) in [7, 11) is 1.79. The van der Waals surface area contributed by atoms with E-state index in [2.05, 4.69) is 15.5 Å². The molecule has 0 saturated heterocycles. The van der Waals surface area contributed by atoms with Crippen molar-refractivity contribution in [3.8, 4) is 0 Å². The van der Waals surface area contributed by atoms with Crippen molar-refractivity contribution in [3.05, 3.63) is 45.4 Å². The molecule has 1 aromatic heterocycles. The molecule has 5 nitrogen and oxygen atoms in total. The Kier molecular flexibility index (Phi) is 4.01. The molecule has 19 heavy (non-hydrogen) atoms. The molecule has 2 aromatic rings. The minimum absolute atomic E-state index is 0.205. The lowest BCUT2D eigenvalue weighted by molar-refractivity contribution is 0.0938. The highest BCUT2D eigenvalue weighted by Gasteiger charge is 2.15. The van der Waals surface area contributed by atoms with Crippen LogP contribution in [0.15, 0.2) is 24.3 Å². The van der Waals surface area contributed by atoms with Crippen LogP contribution in [0.2, 0.25) is 5.02 Å². The molecular weight excluding hydrogens is 284 g/mol. The minimum Gasteiger partial charge on any atom is -0.342 e. The Morgan fingerprint density at radius 1 is 1.58 bits per heavy atom. The molecule has 0 saturated carbocycles. The number of nitrogens with one attached hydrogen (secondary N) is 2. The molecule has 1 amide bonds. The number of aromatic amines is 1. The number of aromatic nitrogens is 3. The third-order valence-electron chi connectivity index (χ3n) is 2.74. The van der Waals surface area contributed by atoms with Gasteiger partial charge in [-0.15, -0.1) is 0 Å². The fourth-order valence-electron chi connectivity index (χ4n) is 1.72. The molecule has 0 aliphatic rings. The molecule has 0 unspecified atom stereocenters. The lowest BCUT2D eigenvalue weighted by atomic mass is 10.2. The van der Waals surface area contributed by atoms with Crippen LogP contribution in [-0.4, -0.2) is 20.7 Å². The van der Waals surface area contributed by atoms with Crippen molar-refractivity contribution in [1.82, 2.24) is 20.1 Å². The number of benzene rings is 1. The maximum Gasteiger partial charge on any atom is 0.251 e. The number of H-pyrrole nitrogens is 1. The largest absolute Gasteiger partial charge is 0.342 e. The molecule has 2 N–H and O–H groups in total. The first kappa shape index (κ1) is 13.8. The Labute approximate surface area is 120 Å². The maximum absolute atomic E-state index is 12.1. The van der Waals surface area contributed by atoms with Gasteiger partial charge in [0.1, 0.15) is 0 Å². The van der Waals surface area contributed by atoms with E-state index in [9.17, 15) is 4.79 Å². The molecule has 2 rings (SSSR count). The highest BCUT2D eigenvalue weighted by atomic mass is 35.5. The van der Waals surface area contributed by atoms with Crippen LogP contribution in [0.3, 0.4) is 0 Å². The first-order valence-corrected chi connectivity index (χ1v) is 6.45. The average molecular weight is 297 g/mol. The van der Waals surface area contributed by atoms with E-state index < -0.39 is 0 Å². The van der Waals surface area contributed by atoms with Gasteiger partial charge in [-0.25, -0.2) is 0 Å². The second-order valence-electron chi connectivity index (χ2n) is 4.15. The van der Waals surface area contributed by atoms with Gasteiger partial charge in [-0.1, -0.05) is 17.7 Å². The zero-order valence-electron chi connectivity index (χ0n) is 10.5. The molecule has 100 valence electrons. The van der Waals surface area contributed by atoms with Crippen LogP contribution < -0.4 is 5.32 Å². The Bertz CT molecular complexity index is 664. The van der Waals surface area contributed by atoms with Crippen molar-refractivity contribution < 1.29 is 4.79 Å².